The Labute approximate surface area is 159 Å². The minimum absolute atomic E-state index is 0.0828. The maximum atomic E-state index is 12.3. The minimum atomic E-state index is -0.629. The summed E-state index contributed by atoms with van der Waals surface area (Å²) < 4.78 is 15.4. The molecule has 0 bridgehead atoms. The average Bonchev–Trinajstić information content (AvgIpc) is 2.99. The van der Waals surface area contributed by atoms with Gasteiger partial charge in [-0.3, -0.25) is 4.79 Å². The van der Waals surface area contributed by atoms with E-state index in [1.807, 2.05) is 19.1 Å². The van der Waals surface area contributed by atoms with Crippen molar-refractivity contribution in [2.24, 2.45) is 0 Å². The van der Waals surface area contributed by atoms with Gasteiger partial charge in [0.15, 0.2) is 6.61 Å². The van der Waals surface area contributed by atoms with E-state index in [0.29, 0.717) is 29.3 Å². The summed E-state index contributed by atoms with van der Waals surface area (Å²) >= 11 is 0. The molecule has 2 aromatic rings. The van der Waals surface area contributed by atoms with Gasteiger partial charge in [0.1, 0.15) is 17.1 Å². The van der Waals surface area contributed by atoms with E-state index in [0.717, 1.165) is 5.56 Å². The van der Waals surface area contributed by atoms with Gasteiger partial charge in [0.25, 0.3) is 5.91 Å². The van der Waals surface area contributed by atoms with Gasteiger partial charge in [-0.1, -0.05) is 38.9 Å². The fraction of sp³-hybridized carbons (Fsp3) is 0.450. The Balaban J connectivity index is 2.07. The molecular weight excluding hydrogens is 348 g/mol. The molecule has 0 aliphatic rings. The molecular formula is C20H26N2O5. The van der Waals surface area contributed by atoms with Crippen molar-refractivity contribution in [3.8, 4) is 5.75 Å². The fourth-order valence-electron chi connectivity index (χ4n) is 2.58. The summed E-state index contributed by atoms with van der Waals surface area (Å²) in [7, 11) is 1.53. The molecule has 7 heteroatoms. The number of methoxy groups -OCH3 is 1. The van der Waals surface area contributed by atoms with E-state index in [-0.39, 0.29) is 11.0 Å². The summed E-state index contributed by atoms with van der Waals surface area (Å²) in [6.07, 6.45) is 0.533. The number of rotatable bonds is 6. The largest absolute Gasteiger partial charge is 0.495 e. The molecule has 1 amide bonds. The fourth-order valence-corrected chi connectivity index (χ4v) is 2.58. The summed E-state index contributed by atoms with van der Waals surface area (Å²) in [5.74, 6) is -0.182. The molecule has 1 aromatic carbocycles. The van der Waals surface area contributed by atoms with Crippen LogP contribution in [-0.4, -0.2) is 30.7 Å². The molecule has 1 heterocycles. The lowest BCUT2D eigenvalue weighted by molar-refractivity contribution is -0.119. The third-order valence-corrected chi connectivity index (χ3v) is 4.15. The topological polar surface area (TPSA) is 90.7 Å². The van der Waals surface area contributed by atoms with Crippen molar-refractivity contribution < 1.29 is 23.6 Å². The number of benzene rings is 1. The SMILES string of the molecule is CCc1noc(C)c1C(=O)OCC(=O)Nc1cc(C(C)(C)C)ccc1OC. The Morgan fingerprint density at radius 3 is 2.56 bits per heavy atom. The molecule has 146 valence electrons. The minimum Gasteiger partial charge on any atom is -0.495 e. The van der Waals surface area contributed by atoms with Crippen molar-refractivity contribution in [3.05, 3.63) is 40.8 Å². The summed E-state index contributed by atoms with van der Waals surface area (Å²) in [5.41, 5.74) is 2.28. The van der Waals surface area contributed by atoms with Gasteiger partial charge in [0.05, 0.1) is 18.5 Å². The lowest BCUT2D eigenvalue weighted by atomic mass is 9.87. The van der Waals surface area contributed by atoms with Gasteiger partial charge >= 0.3 is 5.97 Å². The first-order valence-electron chi connectivity index (χ1n) is 8.78. The molecule has 0 fully saturated rings. The van der Waals surface area contributed by atoms with Crippen LogP contribution in [0.1, 0.15) is 55.1 Å². The molecule has 0 aliphatic carbocycles. The first kappa shape index (κ1) is 20.5. The Morgan fingerprint density at radius 2 is 1.96 bits per heavy atom. The molecule has 0 saturated carbocycles. The Bertz CT molecular complexity index is 833. The number of esters is 1. The second-order valence-electron chi connectivity index (χ2n) is 7.20. The Morgan fingerprint density at radius 1 is 1.26 bits per heavy atom. The third kappa shape index (κ3) is 4.87. The van der Waals surface area contributed by atoms with Crippen LogP contribution >= 0.6 is 0 Å². The number of aromatic nitrogens is 1. The molecule has 1 N–H and O–H groups in total. The van der Waals surface area contributed by atoms with Gasteiger partial charge in [-0.2, -0.15) is 0 Å². The number of anilines is 1. The summed E-state index contributed by atoms with van der Waals surface area (Å²) in [6, 6.07) is 5.61. The molecule has 1 aromatic heterocycles. The van der Waals surface area contributed by atoms with Crippen LogP contribution in [0.5, 0.6) is 5.75 Å². The standard InChI is InChI=1S/C20H26N2O5/c1-7-14-18(12(2)27-22-14)19(24)26-11-17(23)21-15-10-13(20(3,4)5)8-9-16(15)25-6/h8-10H,7,11H2,1-6H3,(H,21,23). The van der Waals surface area contributed by atoms with Crippen molar-refractivity contribution in [2.75, 3.05) is 19.0 Å². The number of carbonyl (C=O) groups excluding carboxylic acids is 2. The number of nitrogens with one attached hydrogen (secondary N) is 1. The maximum Gasteiger partial charge on any atom is 0.344 e. The number of amides is 1. The number of nitrogens with zero attached hydrogens (tertiary/aromatic N) is 1. The second-order valence-corrected chi connectivity index (χ2v) is 7.20. The smallest absolute Gasteiger partial charge is 0.344 e. The van der Waals surface area contributed by atoms with Crippen LogP contribution in [0.4, 0.5) is 5.69 Å². The lowest BCUT2D eigenvalue weighted by Crippen LogP contribution is -2.22. The Hall–Kier alpha value is -2.83. The lowest BCUT2D eigenvalue weighted by Gasteiger charge is -2.21. The highest BCUT2D eigenvalue weighted by atomic mass is 16.5. The quantitative estimate of drug-likeness (QED) is 0.776. The van der Waals surface area contributed by atoms with Crippen LogP contribution in [0.25, 0.3) is 0 Å². The molecule has 2 rings (SSSR count). The van der Waals surface area contributed by atoms with Crippen molar-refractivity contribution in [1.29, 1.82) is 0 Å². The zero-order chi connectivity index (χ0) is 20.2. The van der Waals surface area contributed by atoms with Gasteiger partial charge in [0.2, 0.25) is 0 Å². The van der Waals surface area contributed by atoms with Crippen molar-refractivity contribution >= 4 is 17.6 Å². The van der Waals surface area contributed by atoms with Crippen LogP contribution in [0.2, 0.25) is 0 Å². The summed E-state index contributed by atoms with van der Waals surface area (Å²) in [4.78, 5) is 24.5. The second kappa shape index (κ2) is 8.24. The highest BCUT2D eigenvalue weighted by Gasteiger charge is 2.22. The highest BCUT2D eigenvalue weighted by Crippen LogP contribution is 2.31. The molecule has 0 radical (unpaired) electrons. The molecule has 0 unspecified atom stereocenters. The molecule has 7 nitrogen and oxygen atoms in total. The van der Waals surface area contributed by atoms with Crippen LogP contribution in [0.15, 0.2) is 22.7 Å². The van der Waals surface area contributed by atoms with Crippen molar-refractivity contribution in [1.82, 2.24) is 5.16 Å². The number of aryl methyl sites for hydroxylation is 2. The monoisotopic (exact) mass is 374 g/mol. The number of hydrogen-bond donors (Lipinski definition) is 1. The van der Waals surface area contributed by atoms with E-state index < -0.39 is 18.5 Å². The number of hydrogen-bond acceptors (Lipinski definition) is 6. The first-order valence-corrected chi connectivity index (χ1v) is 8.78. The molecule has 0 saturated heterocycles. The normalized spacial score (nSPS) is 11.2. The van der Waals surface area contributed by atoms with Crippen LogP contribution in [0.3, 0.4) is 0 Å². The molecule has 0 atom stereocenters. The molecule has 0 aliphatic heterocycles. The van der Waals surface area contributed by atoms with E-state index >= 15 is 0 Å². The number of carbonyl (C=O) groups is 2. The van der Waals surface area contributed by atoms with Gasteiger partial charge in [0, 0.05) is 0 Å². The van der Waals surface area contributed by atoms with E-state index in [1.54, 1.807) is 13.0 Å². The van der Waals surface area contributed by atoms with E-state index in [2.05, 4.69) is 31.2 Å². The Kier molecular flexibility index (Phi) is 6.25. The predicted octanol–water partition coefficient (Wildman–Crippen LogP) is 3.65. The van der Waals surface area contributed by atoms with Gasteiger partial charge in [-0.25, -0.2) is 4.79 Å². The summed E-state index contributed by atoms with van der Waals surface area (Å²) in [6.45, 7) is 9.30. The first-order chi connectivity index (χ1) is 12.7. The zero-order valence-corrected chi connectivity index (χ0v) is 16.6. The highest BCUT2D eigenvalue weighted by molar-refractivity contribution is 5.97. The predicted molar refractivity (Wildman–Crippen MR) is 101 cm³/mol. The van der Waals surface area contributed by atoms with Gasteiger partial charge in [-0.15, -0.1) is 0 Å². The van der Waals surface area contributed by atoms with Crippen molar-refractivity contribution in [2.45, 2.75) is 46.5 Å². The van der Waals surface area contributed by atoms with Crippen LogP contribution < -0.4 is 10.1 Å². The summed E-state index contributed by atoms with van der Waals surface area (Å²) in [5, 5.41) is 6.55. The van der Waals surface area contributed by atoms with Crippen LogP contribution in [0, 0.1) is 6.92 Å². The van der Waals surface area contributed by atoms with E-state index in [4.69, 9.17) is 14.0 Å². The maximum absolute atomic E-state index is 12.3. The average molecular weight is 374 g/mol. The van der Waals surface area contributed by atoms with Crippen LogP contribution in [-0.2, 0) is 21.4 Å². The van der Waals surface area contributed by atoms with E-state index in [9.17, 15) is 9.59 Å². The third-order valence-electron chi connectivity index (χ3n) is 4.15. The van der Waals surface area contributed by atoms with Crippen molar-refractivity contribution in [3.63, 3.8) is 0 Å². The molecule has 0 spiro atoms. The van der Waals surface area contributed by atoms with E-state index in [1.165, 1.54) is 7.11 Å². The zero-order valence-electron chi connectivity index (χ0n) is 16.6. The molecule has 27 heavy (non-hydrogen) atoms. The van der Waals surface area contributed by atoms with Gasteiger partial charge < -0.3 is 19.3 Å². The number of ether oxygens (including phenoxy) is 2. The van der Waals surface area contributed by atoms with Gasteiger partial charge in [-0.05, 0) is 36.5 Å².